The van der Waals surface area contributed by atoms with E-state index < -0.39 is 47.9 Å². The minimum absolute atomic E-state index is 0.0753. The van der Waals surface area contributed by atoms with Crippen LogP contribution in [0.5, 0.6) is 0 Å². The third kappa shape index (κ3) is 8.08. The van der Waals surface area contributed by atoms with Crippen LogP contribution < -0.4 is 21.7 Å². The highest BCUT2D eigenvalue weighted by molar-refractivity contribution is 7.80. The van der Waals surface area contributed by atoms with Crippen molar-refractivity contribution in [1.82, 2.24) is 20.9 Å². The van der Waals surface area contributed by atoms with Crippen molar-refractivity contribution in [1.29, 1.82) is 0 Å². The third-order valence-corrected chi connectivity index (χ3v) is 6.78. The molecular weight excluding hydrogens is 518 g/mol. The Labute approximate surface area is 232 Å². The molecule has 3 rings (SSSR count). The fourth-order valence-corrected chi connectivity index (χ4v) is 4.46. The number of hydrogen-bond acceptors (Lipinski definition) is 6. The van der Waals surface area contributed by atoms with Gasteiger partial charge in [-0.1, -0.05) is 62.4 Å². The Kier molecular flexibility index (Phi) is 10.5. The Morgan fingerprint density at radius 2 is 1.51 bits per heavy atom. The number of aliphatic carboxylic acids is 1. The van der Waals surface area contributed by atoms with E-state index in [0.717, 1.165) is 22.0 Å². The van der Waals surface area contributed by atoms with E-state index in [0.29, 0.717) is 0 Å². The third-order valence-electron chi connectivity index (χ3n) is 6.41. The van der Waals surface area contributed by atoms with Gasteiger partial charge in [0.1, 0.15) is 18.1 Å². The van der Waals surface area contributed by atoms with E-state index in [9.17, 15) is 24.3 Å². The number of hydrogen-bond donors (Lipinski definition) is 7. The molecule has 0 saturated carbocycles. The van der Waals surface area contributed by atoms with Gasteiger partial charge in [-0.2, -0.15) is 12.6 Å². The molecule has 2 aromatic carbocycles. The van der Waals surface area contributed by atoms with Crippen molar-refractivity contribution in [2.45, 2.75) is 50.9 Å². The lowest BCUT2D eigenvalue weighted by molar-refractivity contribution is -0.142. The van der Waals surface area contributed by atoms with Gasteiger partial charge in [0.25, 0.3) is 0 Å². The summed E-state index contributed by atoms with van der Waals surface area (Å²) in [6.45, 7) is 3.51. The van der Waals surface area contributed by atoms with Crippen LogP contribution in [-0.2, 0) is 32.0 Å². The molecule has 4 atom stereocenters. The van der Waals surface area contributed by atoms with Crippen LogP contribution in [0.15, 0.2) is 60.8 Å². The lowest BCUT2D eigenvalue weighted by atomic mass is 10.0. The number of rotatable bonds is 13. The molecule has 3 amide bonds. The monoisotopic (exact) mass is 553 g/mol. The molecule has 0 aliphatic heterocycles. The number of aromatic nitrogens is 1. The van der Waals surface area contributed by atoms with Gasteiger partial charge < -0.3 is 31.8 Å². The van der Waals surface area contributed by atoms with Crippen LogP contribution in [0.25, 0.3) is 10.9 Å². The zero-order valence-electron chi connectivity index (χ0n) is 21.9. The zero-order valence-corrected chi connectivity index (χ0v) is 22.8. The number of para-hydroxylation sites is 1. The predicted octanol–water partition coefficient (Wildman–Crippen LogP) is 1.41. The summed E-state index contributed by atoms with van der Waals surface area (Å²) in [5, 5.41) is 18.3. The number of fused-ring (bicyclic) bond motifs is 1. The molecule has 0 spiro atoms. The number of nitrogens with one attached hydrogen (secondary N) is 4. The second-order valence-corrected chi connectivity index (χ2v) is 10.1. The molecule has 4 unspecified atom stereocenters. The molecule has 0 radical (unpaired) electrons. The largest absolute Gasteiger partial charge is 0.480 e. The molecule has 208 valence electrons. The topological polar surface area (TPSA) is 166 Å². The van der Waals surface area contributed by atoms with Crippen LogP contribution in [0.1, 0.15) is 25.0 Å². The predicted molar refractivity (Wildman–Crippen MR) is 152 cm³/mol. The van der Waals surface area contributed by atoms with Crippen LogP contribution in [0, 0.1) is 5.92 Å². The van der Waals surface area contributed by atoms with Crippen molar-refractivity contribution in [3.05, 3.63) is 71.9 Å². The Hall–Kier alpha value is -3.83. The van der Waals surface area contributed by atoms with Crippen LogP contribution >= 0.6 is 12.6 Å². The Morgan fingerprint density at radius 3 is 2.15 bits per heavy atom. The van der Waals surface area contributed by atoms with Gasteiger partial charge in [-0.25, -0.2) is 4.79 Å². The number of amides is 3. The molecular formula is C28H35N5O5S. The first-order valence-corrected chi connectivity index (χ1v) is 13.3. The van der Waals surface area contributed by atoms with Crippen molar-refractivity contribution in [3.8, 4) is 0 Å². The van der Waals surface area contributed by atoms with Crippen molar-refractivity contribution < 1.29 is 24.3 Å². The highest BCUT2D eigenvalue weighted by atomic mass is 32.1. The lowest BCUT2D eigenvalue weighted by Crippen LogP contribution is -2.59. The number of carbonyl (C=O) groups is 4. The molecule has 0 fully saturated rings. The van der Waals surface area contributed by atoms with E-state index in [1.807, 2.05) is 36.5 Å². The minimum Gasteiger partial charge on any atom is -0.480 e. The maximum Gasteiger partial charge on any atom is 0.326 e. The van der Waals surface area contributed by atoms with Gasteiger partial charge in [-0.3, -0.25) is 14.4 Å². The first-order chi connectivity index (χ1) is 18.6. The number of nitrogens with two attached hydrogens (primary N) is 1. The summed E-state index contributed by atoms with van der Waals surface area (Å²) < 4.78 is 0. The van der Waals surface area contributed by atoms with Gasteiger partial charge in [0.15, 0.2) is 0 Å². The summed E-state index contributed by atoms with van der Waals surface area (Å²) in [6.07, 6.45) is 2.15. The highest BCUT2D eigenvalue weighted by Crippen LogP contribution is 2.19. The fraction of sp³-hybridized carbons (Fsp3) is 0.357. The van der Waals surface area contributed by atoms with Crippen LogP contribution in [0.2, 0.25) is 0 Å². The van der Waals surface area contributed by atoms with Gasteiger partial charge >= 0.3 is 5.97 Å². The first kappa shape index (κ1) is 29.7. The molecule has 39 heavy (non-hydrogen) atoms. The van der Waals surface area contributed by atoms with Crippen LogP contribution in [-0.4, -0.2) is 63.7 Å². The molecule has 7 N–H and O–H groups in total. The Balaban J connectivity index is 1.61. The van der Waals surface area contributed by atoms with Gasteiger partial charge in [-0.05, 0) is 29.5 Å². The quantitative estimate of drug-likeness (QED) is 0.158. The molecule has 3 aromatic rings. The normalized spacial score (nSPS) is 14.3. The van der Waals surface area contributed by atoms with E-state index in [4.69, 9.17) is 5.73 Å². The second kappa shape index (κ2) is 13.8. The van der Waals surface area contributed by atoms with E-state index in [-0.39, 0.29) is 24.5 Å². The summed E-state index contributed by atoms with van der Waals surface area (Å²) in [5.74, 6) is -3.38. The average Bonchev–Trinajstić information content (AvgIpc) is 3.32. The number of carbonyl (C=O) groups excluding carboxylic acids is 3. The number of carboxylic acid groups (broad SMARTS) is 1. The van der Waals surface area contributed by atoms with Crippen molar-refractivity contribution in [3.63, 3.8) is 0 Å². The van der Waals surface area contributed by atoms with Gasteiger partial charge in [0.05, 0.1) is 6.04 Å². The number of carboxylic acids is 1. The Bertz CT molecular complexity index is 1300. The van der Waals surface area contributed by atoms with Crippen LogP contribution in [0.3, 0.4) is 0 Å². The standard InChI is InChI=1S/C28H35N5O5S/c1-16(2)24(33-25(34)20(29)13-18-14-30-21-11-7-6-10-19(18)21)27(36)32-23(15-39)26(35)31-22(28(37)38)12-17-8-4-3-5-9-17/h3-11,14,16,20,22-24,30,39H,12-13,15,29H2,1-2H3,(H,31,35)(H,32,36)(H,33,34)(H,37,38). The molecule has 1 heterocycles. The van der Waals surface area contributed by atoms with E-state index in [2.05, 4.69) is 33.6 Å². The zero-order chi connectivity index (χ0) is 28.5. The summed E-state index contributed by atoms with van der Waals surface area (Å²) in [7, 11) is 0. The van der Waals surface area contributed by atoms with E-state index in [1.54, 1.807) is 38.1 Å². The maximum atomic E-state index is 13.1. The minimum atomic E-state index is -1.20. The second-order valence-electron chi connectivity index (χ2n) is 9.73. The fourth-order valence-electron chi connectivity index (χ4n) is 4.20. The number of benzene rings is 2. The molecule has 11 heteroatoms. The molecule has 0 bridgehead atoms. The smallest absolute Gasteiger partial charge is 0.326 e. The lowest BCUT2D eigenvalue weighted by Gasteiger charge is -2.26. The van der Waals surface area contributed by atoms with Gasteiger partial charge in [0.2, 0.25) is 17.7 Å². The van der Waals surface area contributed by atoms with Crippen molar-refractivity contribution in [2.75, 3.05) is 5.75 Å². The number of aromatic amines is 1. The molecule has 10 nitrogen and oxygen atoms in total. The van der Waals surface area contributed by atoms with Crippen molar-refractivity contribution >= 4 is 47.2 Å². The van der Waals surface area contributed by atoms with E-state index in [1.165, 1.54) is 0 Å². The molecule has 0 saturated heterocycles. The average molecular weight is 554 g/mol. The summed E-state index contributed by atoms with van der Waals surface area (Å²) in [4.78, 5) is 53.8. The van der Waals surface area contributed by atoms with E-state index >= 15 is 0 Å². The first-order valence-electron chi connectivity index (χ1n) is 12.7. The Morgan fingerprint density at radius 1 is 0.872 bits per heavy atom. The molecule has 0 aliphatic carbocycles. The SMILES string of the molecule is CC(C)C(NC(=O)C(N)Cc1c[nH]c2ccccc12)C(=O)NC(CS)C(=O)NC(Cc1ccccc1)C(=O)O. The summed E-state index contributed by atoms with van der Waals surface area (Å²) in [6, 6.07) is 12.4. The molecule has 1 aromatic heterocycles. The van der Waals surface area contributed by atoms with Crippen LogP contribution in [0.4, 0.5) is 0 Å². The number of H-pyrrole nitrogens is 1. The molecule has 0 aliphatic rings. The maximum absolute atomic E-state index is 13.1. The van der Waals surface area contributed by atoms with Crippen molar-refractivity contribution in [2.24, 2.45) is 11.7 Å². The number of thiol groups is 1. The highest BCUT2D eigenvalue weighted by Gasteiger charge is 2.31. The summed E-state index contributed by atoms with van der Waals surface area (Å²) >= 11 is 4.17. The van der Waals surface area contributed by atoms with Gasteiger partial charge in [-0.15, -0.1) is 0 Å². The van der Waals surface area contributed by atoms with Gasteiger partial charge in [0, 0.05) is 29.3 Å². The summed E-state index contributed by atoms with van der Waals surface area (Å²) in [5.41, 5.74) is 8.74.